The van der Waals surface area contributed by atoms with Crippen LogP contribution in [-0.4, -0.2) is 40.4 Å². The molecule has 0 spiro atoms. The Labute approximate surface area is 227 Å². The highest BCUT2D eigenvalue weighted by Crippen LogP contribution is 2.32. The second-order valence-electron chi connectivity index (χ2n) is 8.83. The fourth-order valence-electron chi connectivity index (χ4n) is 4.68. The number of para-hydroxylation sites is 1. The van der Waals surface area contributed by atoms with Crippen molar-refractivity contribution >= 4 is 56.1 Å². The number of thioether (sulfide) groups is 1. The number of anilines is 1. The summed E-state index contributed by atoms with van der Waals surface area (Å²) in [5.74, 6) is 0.862. The topological polar surface area (TPSA) is 98.2 Å². The molecule has 0 aliphatic heterocycles. The molecule has 1 amide bonds. The van der Waals surface area contributed by atoms with Crippen molar-refractivity contribution in [2.75, 3.05) is 25.3 Å². The predicted octanol–water partition coefficient (Wildman–Crippen LogP) is 5.77. The predicted molar refractivity (Wildman–Crippen MR) is 156 cm³/mol. The molecule has 6 aromatic rings. The number of fused-ring (bicyclic) bond motifs is 4. The van der Waals surface area contributed by atoms with Crippen molar-refractivity contribution in [2.24, 2.45) is 0 Å². The molecule has 0 saturated carbocycles. The third-order valence-corrected chi connectivity index (χ3v) is 7.45. The Morgan fingerprint density at radius 3 is 2.49 bits per heavy atom. The second kappa shape index (κ2) is 10.2. The van der Waals surface area contributed by atoms with Gasteiger partial charge in [0.05, 0.1) is 25.7 Å². The number of carbonyl (C=O) groups is 1. The molecule has 0 bridgehead atoms. The van der Waals surface area contributed by atoms with Crippen LogP contribution in [0.1, 0.15) is 0 Å². The first-order chi connectivity index (χ1) is 19.1. The molecule has 2 N–H and O–H groups in total. The Morgan fingerprint density at radius 1 is 0.923 bits per heavy atom. The van der Waals surface area contributed by atoms with Gasteiger partial charge >= 0.3 is 0 Å². The van der Waals surface area contributed by atoms with Crippen LogP contribution in [0.15, 0.2) is 94.9 Å². The van der Waals surface area contributed by atoms with Crippen molar-refractivity contribution in [3.8, 4) is 17.2 Å². The van der Waals surface area contributed by atoms with Gasteiger partial charge in [0, 0.05) is 28.0 Å². The summed E-state index contributed by atoms with van der Waals surface area (Å²) in [6, 6.07) is 26.5. The van der Waals surface area contributed by atoms with E-state index in [2.05, 4.69) is 10.3 Å². The summed E-state index contributed by atoms with van der Waals surface area (Å²) in [4.78, 5) is 35.0. The van der Waals surface area contributed by atoms with Gasteiger partial charge in [0.25, 0.3) is 5.56 Å². The molecule has 194 valence electrons. The molecule has 0 unspecified atom stereocenters. The van der Waals surface area contributed by atoms with Crippen molar-refractivity contribution in [2.45, 2.75) is 5.16 Å². The minimum absolute atomic E-state index is 0.0524. The molecular formula is C30H24N4O4S. The SMILES string of the molecule is COc1ccc(-n2c(SCC(=O)Nc3cccc4ccccc34)nc3c([nH]c4ccccc43)c2=O)cc1OC. The van der Waals surface area contributed by atoms with Gasteiger partial charge in [-0.15, -0.1) is 0 Å². The lowest BCUT2D eigenvalue weighted by atomic mass is 10.1. The van der Waals surface area contributed by atoms with Crippen molar-refractivity contribution in [1.29, 1.82) is 0 Å². The molecule has 0 fully saturated rings. The van der Waals surface area contributed by atoms with E-state index in [9.17, 15) is 9.59 Å². The number of carbonyl (C=O) groups excluding carboxylic acids is 1. The van der Waals surface area contributed by atoms with Gasteiger partial charge in [0.1, 0.15) is 11.0 Å². The van der Waals surface area contributed by atoms with E-state index in [1.54, 1.807) is 25.3 Å². The van der Waals surface area contributed by atoms with Crippen molar-refractivity contribution in [3.63, 3.8) is 0 Å². The van der Waals surface area contributed by atoms with Gasteiger partial charge in [-0.3, -0.25) is 14.2 Å². The van der Waals surface area contributed by atoms with Crippen LogP contribution in [0.5, 0.6) is 11.5 Å². The van der Waals surface area contributed by atoms with Gasteiger partial charge in [-0.2, -0.15) is 0 Å². The highest BCUT2D eigenvalue weighted by molar-refractivity contribution is 7.99. The molecule has 0 aliphatic rings. The van der Waals surface area contributed by atoms with Gasteiger partial charge in [-0.1, -0.05) is 66.4 Å². The van der Waals surface area contributed by atoms with E-state index >= 15 is 0 Å². The van der Waals surface area contributed by atoms with Gasteiger partial charge in [-0.05, 0) is 29.7 Å². The molecule has 9 heteroatoms. The monoisotopic (exact) mass is 536 g/mol. The van der Waals surface area contributed by atoms with E-state index in [0.29, 0.717) is 33.4 Å². The summed E-state index contributed by atoms with van der Waals surface area (Å²) in [6.45, 7) is 0. The summed E-state index contributed by atoms with van der Waals surface area (Å²) in [5, 5.41) is 6.23. The molecule has 0 saturated heterocycles. The van der Waals surface area contributed by atoms with Crippen LogP contribution in [0, 0.1) is 0 Å². The molecule has 2 heterocycles. The van der Waals surface area contributed by atoms with Crippen LogP contribution in [-0.2, 0) is 4.79 Å². The Bertz CT molecular complexity index is 1920. The lowest BCUT2D eigenvalue weighted by Gasteiger charge is -2.15. The normalized spacial score (nSPS) is 11.2. The van der Waals surface area contributed by atoms with Gasteiger partial charge < -0.3 is 19.8 Å². The van der Waals surface area contributed by atoms with Crippen molar-refractivity contribution in [3.05, 3.63) is 95.3 Å². The first-order valence-electron chi connectivity index (χ1n) is 12.2. The van der Waals surface area contributed by atoms with Crippen molar-refractivity contribution in [1.82, 2.24) is 14.5 Å². The number of benzene rings is 4. The van der Waals surface area contributed by atoms with E-state index < -0.39 is 0 Å². The molecule has 6 rings (SSSR count). The summed E-state index contributed by atoms with van der Waals surface area (Å²) in [6.07, 6.45) is 0. The average Bonchev–Trinajstić information content (AvgIpc) is 3.35. The first-order valence-corrected chi connectivity index (χ1v) is 13.2. The third-order valence-electron chi connectivity index (χ3n) is 6.52. The maximum Gasteiger partial charge on any atom is 0.283 e. The van der Waals surface area contributed by atoms with Crippen LogP contribution in [0.25, 0.3) is 38.4 Å². The fourth-order valence-corrected chi connectivity index (χ4v) is 5.49. The van der Waals surface area contributed by atoms with Gasteiger partial charge in [-0.25, -0.2) is 4.98 Å². The smallest absolute Gasteiger partial charge is 0.283 e. The maximum atomic E-state index is 13.9. The zero-order valence-corrected chi connectivity index (χ0v) is 22.0. The van der Waals surface area contributed by atoms with Crippen LogP contribution in [0.4, 0.5) is 5.69 Å². The number of methoxy groups -OCH3 is 2. The van der Waals surface area contributed by atoms with Crippen LogP contribution in [0.3, 0.4) is 0 Å². The number of hydrogen-bond acceptors (Lipinski definition) is 6. The molecule has 39 heavy (non-hydrogen) atoms. The number of aromatic nitrogens is 3. The number of rotatable bonds is 7. The molecule has 0 aliphatic carbocycles. The van der Waals surface area contributed by atoms with Crippen LogP contribution >= 0.6 is 11.8 Å². The van der Waals surface area contributed by atoms with Crippen molar-refractivity contribution < 1.29 is 14.3 Å². The summed E-state index contributed by atoms with van der Waals surface area (Å²) < 4.78 is 12.3. The molecule has 4 aromatic carbocycles. The Morgan fingerprint density at radius 2 is 1.67 bits per heavy atom. The van der Waals surface area contributed by atoms with Gasteiger partial charge in [0.15, 0.2) is 16.7 Å². The van der Waals surface area contributed by atoms with E-state index in [1.807, 2.05) is 66.7 Å². The lowest BCUT2D eigenvalue weighted by Crippen LogP contribution is -2.23. The minimum atomic E-state index is -0.277. The zero-order chi connectivity index (χ0) is 26.9. The number of nitrogens with zero attached hydrogens (tertiary/aromatic N) is 2. The Balaban J connectivity index is 1.41. The number of H-pyrrole nitrogens is 1. The second-order valence-corrected chi connectivity index (χ2v) is 9.77. The molecule has 0 radical (unpaired) electrons. The highest BCUT2D eigenvalue weighted by Gasteiger charge is 2.19. The average molecular weight is 537 g/mol. The minimum Gasteiger partial charge on any atom is -0.493 e. The highest BCUT2D eigenvalue weighted by atomic mass is 32.2. The zero-order valence-electron chi connectivity index (χ0n) is 21.2. The molecule has 2 aromatic heterocycles. The number of aromatic amines is 1. The van der Waals surface area contributed by atoms with E-state index in [1.165, 1.54) is 23.4 Å². The number of nitrogens with one attached hydrogen (secondary N) is 2. The third kappa shape index (κ3) is 4.46. The molecule has 8 nitrogen and oxygen atoms in total. The van der Waals surface area contributed by atoms with E-state index in [-0.39, 0.29) is 17.2 Å². The van der Waals surface area contributed by atoms with Crippen LogP contribution in [0.2, 0.25) is 0 Å². The number of ether oxygens (including phenoxy) is 2. The number of amides is 1. The number of hydrogen-bond donors (Lipinski definition) is 2. The first kappa shape index (κ1) is 24.6. The largest absolute Gasteiger partial charge is 0.493 e. The van der Waals surface area contributed by atoms with Crippen LogP contribution < -0.4 is 20.3 Å². The van der Waals surface area contributed by atoms with Gasteiger partial charge in [0.2, 0.25) is 5.91 Å². The summed E-state index contributed by atoms with van der Waals surface area (Å²) >= 11 is 1.19. The summed E-state index contributed by atoms with van der Waals surface area (Å²) in [7, 11) is 3.09. The Hall–Kier alpha value is -4.76. The lowest BCUT2D eigenvalue weighted by molar-refractivity contribution is -0.113. The Kier molecular flexibility index (Phi) is 6.42. The molecular weight excluding hydrogens is 512 g/mol. The maximum absolute atomic E-state index is 13.9. The van der Waals surface area contributed by atoms with E-state index in [0.717, 1.165) is 27.4 Å². The quantitative estimate of drug-likeness (QED) is 0.199. The molecule has 0 atom stereocenters. The van der Waals surface area contributed by atoms with E-state index in [4.69, 9.17) is 14.5 Å². The summed E-state index contributed by atoms with van der Waals surface area (Å²) in [5.41, 5.74) is 2.76. The fraction of sp³-hybridized carbons (Fsp3) is 0.100. The standard InChI is InChI=1S/C30H24N4O4S/c1-37-24-15-14-19(16-25(24)38-2)34-29(36)28-27(21-11-5-6-12-23(21)32-28)33-30(34)39-17-26(35)31-22-13-7-9-18-8-3-4-10-20(18)22/h3-16,32H,17H2,1-2H3,(H,31,35).